The Morgan fingerprint density at radius 1 is 0.655 bits per heavy atom. The van der Waals surface area contributed by atoms with E-state index in [9.17, 15) is 0 Å². The maximum atomic E-state index is 4.92. The van der Waals surface area contributed by atoms with Crippen LogP contribution in [0.3, 0.4) is 0 Å². The zero-order chi connectivity index (χ0) is 20.4. The first-order valence-corrected chi connectivity index (χ1v) is 10.3. The molecule has 0 bridgehead atoms. The SMILES string of the molecule is Cc1ccc2c(c1)c1ccccc1c1ncc(-c3c(C)c(C)c(C)c(C)c3C)n21. The minimum Gasteiger partial charge on any atom is -0.292 e. The molecule has 5 aromatic rings. The smallest absolute Gasteiger partial charge is 0.145 e. The highest BCUT2D eigenvalue weighted by Gasteiger charge is 2.19. The van der Waals surface area contributed by atoms with Gasteiger partial charge in [0.25, 0.3) is 0 Å². The highest BCUT2D eigenvalue weighted by molar-refractivity contribution is 6.12. The Morgan fingerprint density at radius 2 is 1.28 bits per heavy atom. The number of benzene rings is 3. The van der Waals surface area contributed by atoms with Crippen LogP contribution in [0.2, 0.25) is 0 Å². The van der Waals surface area contributed by atoms with Crippen molar-refractivity contribution in [2.24, 2.45) is 0 Å². The molecule has 0 unspecified atom stereocenters. The second-order valence-electron chi connectivity index (χ2n) is 8.37. The molecule has 29 heavy (non-hydrogen) atoms. The molecule has 0 saturated heterocycles. The van der Waals surface area contributed by atoms with E-state index in [-0.39, 0.29) is 0 Å². The van der Waals surface area contributed by atoms with E-state index in [1.165, 1.54) is 66.3 Å². The van der Waals surface area contributed by atoms with E-state index in [0.717, 1.165) is 5.65 Å². The fourth-order valence-corrected chi connectivity index (χ4v) is 4.82. The fourth-order valence-electron chi connectivity index (χ4n) is 4.82. The van der Waals surface area contributed by atoms with Crippen molar-refractivity contribution in [3.8, 4) is 11.3 Å². The Morgan fingerprint density at radius 3 is 1.97 bits per heavy atom. The van der Waals surface area contributed by atoms with E-state index in [1.807, 2.05) is 0 Å². The van der Waals surface area contributed by atoms with E-state index in [0.29, 0.717) is 0 Å². The van der Waals surface area contributed by atoms with Crippen molar-refractivity contribution in [3.63, 3.8) is 0 Å². The second kappa shape index (κ2) is 6.18. The monoisotopic (exact) mass is 378 g/mol. The van der Waals surface area contributed by atoms with Gasteiger partial charge in [-0.15, -0.1) is 0 Å². The van der Waals surface area contributed by atoms with E-state index in [4.69, 9.17) is 4.98 Å². The number of hydrogen-bond acceptors (Lipinski definition) is 1. The van der Waals surface area contributed by atoms with Crippen LogP contribution in [0.4, 0.5) is 0 Å². The topological polar surface area (TPSA) is 17.3 Å². The zero-order valence-corrected chi connectivity index (χ0v) is 18.0. The van der Waals surface area contributed by atoms with Crippen molar-refractivity contribution in [3.05, 3.63) is 82.0 Å². The lowest BCUT2D eigenvalue weighted by molar-refractivity contribution is 1.16. The average molecular weight is 379 g/mol. The lowest BCUT2D eigenvalue weighted by atomic mass is 9.88. The van der Waals surface area contributed by atoms with Crippen LogP contribution < -0.4 is 0 Å². The van der Waals surface area contributed by atoms with Crippen LogP contribution >= 0.6 is 0 Å². The normalized spacial score (nSPS) is 11.8. The molecule has 0 fully saturated rings. The summed E-state index contributed by atoms with van der Waals surface area (Å²) < 4.78 is 2.36. The summed E-state index contributed by atoms with van der Waals surface area (Å²) in [6.07, 6.45) is 2.06. The molecule has 0 amide bonds. The van der Waals surface area contributed by atoms with Crippen LogP contribution in [0.25, 0.3) is 38.6 Å². The Kier molecular flexibility index (Phi) is 3.82. The third-order valence-corrected chi connectivity index (χ3v) is 6.87. The molecule has 5 rings (SSSR count). The van der Waals surface area contributed by atoms with Gasteiger partial charge in [0.1, 0.15) is 5.65 Å². The molecule has 2 nitrogen and oxygen atoms in total. The van der Waals surface area contributed by atoms with Gasteiger partial charge in [-0.1, -0.05) is 35.9 Å². The number of aromatic nitrogens is 2. The van der Waals surface area contributed by atoms with Gasteiger partial charge in [0, 0.05) is 16.3 Å². The molecule has 2 heteroatoms. The number of fused-ring (bicyclic) bond motifs is 6. The summed E-state index contributed by atoms with van der Waals surface area (Å²) in [6.45, 7) is 13.4. The predicted octanol–water partition coefficient (Wildman–Crippen LogP) is 7.16. The van der Waals surface area contributed by atoms with E-state index in [1.54, 1.807) is 0 Å². The maximum Gasteiger partial charge on any atom is 0.145 e. The molecule has 0 aliphatic rings. The van der Waals surface area contributed by atoms with Crippen molar-refractivity contribution in [2.75, 3.05) is 0 Å². The third-order valence-electron chi connectivity index (χ3n) is 6.87. The Bertz CT molecular complexity index is 1420. The number of hydrogen-bond donors (Lipinski definition) is 0. The molecule has 2 heterocycles. The van der Waals surface area contributed by atoms with Crippen LogP contribution in [-0.4, -0.2) is 9.38 Å². The first-order valence-electron chi connectivity index (χ1n) is 10.3. The molecular weight excluding hydrogens is 352 g/mol. The first kappa shape index (κ1) is 17.9. The van der Waals surface area contributed by atoms with Crippen molar-refractivity contribution in [1.29, 1.82) is 0 Å². The maximum absolute atomic E-state index is 4.92. The van der Waals surface area contributed by atoms with Crippen LogP contribution in [-0.2, 0) is 0 Å². The Hall–Kier alpha value is -3.13. The molecule has 0 aliphatic carbocycles. The number of nitrogens with zero attached hydrogens (tertiary/aromatic N) is 2. The van der Waals surface area contributed by atoms with Crippen LogP contribution in [0, 0.1) is 41.5 Å². The summed E-state index contributed by atoms with van der Waals surface area (Å²) in [5.41, 5.74) is 12.9. The van der Waals surface area contributed by atoms with E-state index >= 15 is 0 Å². The second-order valence-corrected chi connectivity index (χ2v) is 8.37. The molecule has 0 aliphatic heterocycles. The van der Waals surface area contributed by atoms with Crippen molar-refractivity contribution in [2.45, 2.75) is 41.5 Å². The summed E-state index contributed by atoms with van der Waals surface area (Å²) in [6, 6.07) is 15.4. The molecule has 2 aromatic heterocycles. The van der Waals surface area contributed by atoms with Crippen LogP contribution in [0.5, 0.6) is 0 Å². The van der Waals surface area contributed by atoms with Crippen LogP contribution in [0.1, 0.15) is 33.4 Å². The Labute approximate surface area is 171 Å². The predicted molar refractivity (Wildman–Crippen MR) is 124 cm³/mol. The largest absolute Gasteiger partial charge is 0.292 e. The number of imidazole rings is 1. The van der Waals surface area contributed by atoms with Gasteiger partial charge in [-0.05, 0) is 86.9 Å². The molecule has 3 aromatic carbocycles. The minimum absolute atomic E-state index is 1.03. The fraction of sp³-hybridized carbons (Fsp3) is 0.222. The standard InChI is InChI=1S/C27H26N2/c1-15-11-12-24-23(13-15)21-9-7-8-10-22(21)27-28-14-25(29(24)27)26-19(5)17(3)16(2)18(4)20(26)6/h7-14H,1-6H3. The lowest BCUT2D eigenvalue weighted by Gasteiger charge is -2.19. The highest BCUT2D eigenvalue weighted by atomic mass is 15.0. The number of aryl methyl sites for hydroxylation is 1. The zero-order valence-electron chi connectivity index (χ0n) is 18.0. The first-order chi connectivity index (χ1) is 13.9. The molecule has 0 radical (unpaired) electrons. The molecule has 0 saturated carbocycles. The third kappa shape index (κ3) is 2.38. The molecule has 0 spiro atoms. The van der Waals surface area contributed by atoms with E-state index < -0.39 is 0 Å². The average Bonchev–Trinajstić information content (AvgIpc) is 3.16. The quantitative estimate of drug-likeness (QED) is 0.283. The van der Waals surface area contributed by atoms with Crippen molar-refractivity contribution < 1.29 is 0 Å². The number of pyridine rings is 1. The van der Waals surface area contributed by atoms with Crippen LogP contribution in [0.15, 0.2) is 48.7 Å². The summed E-state index contributed by atoms with van der Waals surface area (Å²) in [5.74, 6) is 0. The van der Waals surface area contributed by atoms with Gasteiger partial charge in [0.05, 0.1) is 17.4 Å². The summed E-state index contributed by atoms with van der Waals surface area (Å²) in [7, 11) is 0. The van der Waals surface area contributed by atoms with Gasteiger partial charge >= 0.3 is 0 Å². The summed E-state index contributed by atoms with van der Waals surface area (Å²) in [4.78, 5) is 4.92. The van der Waals surface area contributed by atoms with Gasteiger partial charge < -0.3 is 0 Å². The van der Waals surface area contributed by atoms with Crippen molar-refractivity contribution in [1.82, 2.24) is 9.38 Å². The minimum atomic E-state index is 1.03. The van der Waals surface area contributed by atoms with Gasteiger partial charge in [-0.2, -0.15) is 0 Å². The Balaban J connectivity index is 2.03. The summed E-state index contributed by atoms with van der Waals surface area (Å²) in [5, 5.41) is 3.75. The highest BCUT2D eigenvalue weighted by Crippen LogP contribution is 2.38. The van der Waals surface area contributed by atoms with Gasteiger partial charge in [0.15, 0.2) is 0 Å². The van der Waals surface area contributed by atoms with Gasteiger partial charge in [-0.3, -0.25) is 4.40 Å². The lowest BCUT2D eigenvalue weighted by Crippen LogP contribution is -2.02. The van der Waals surface area contributed by atoms with Gasteiger partial charge in [0.2, 0.25) is 0 Å². The summed E-state index contributed by atoms with van der Waals surface area (Å²) >= 11 is 0. The molecule has 0 N–H and O–H groups in total. The van der Waals surface area contributed by atoms with E-state index in [2.05, 4.69) is 94.6 Å². The van der Waals surface area contributed by atoms with Crippen molar-refractivity contribution >= 4 is 27.3 Å². The number of rotatable bonds is 1. The molecule has 0 atom stereocenters. The molecular formula is C27H26N2. The molecule has 144 valence electrons. The van der Waals surface area contributed by atoms with Gasteiger partial charge in [-0.25, -0.2) is 4.98 Å².